The third kappa shape index (κ3) is 4.75. The van der Waals surface area contributed by atoms with Crippen molar-refractivity contribution in [1.82, 2.24) is 14.9 Å². The number of thioether (sulfide) groups is 1. The van der Waals surface area contributed by atoms with E-state index in [4.69, 9.17) is 15.3 Å². The summed E-state index contributed by atoms with van der Waals surface area (Å²) in [5.74, 6) is 8.88. The summed E-state index contributed by atoms with van der Waals surface area (Å²) in [7, 11) is 1.62. The molecule has 0 aliphatic carbocycles. The van der Waals surface area contributed by atoms with Crippen LogP contribution in [0.3, 0.4) is 0 Å². The minimum absolute atomic E-state index is 0.225. The fourth-order valence-electron chi connectivity index (χ4n) is 2.91. The van der Waals surface area contributed by atoms with Gasteiger partial charge in [-0.1, -0.05) is 72.4 Å². The Bertz CT molecular complexity index is 1100. The zero-order valence-corrected chi connectivity index (χ0v) is 17.4. The highest BCUT2D eigenvalue weighted by atomic mass is 32.2. The lowest BCUT2D eigenvalue weighted by atomic mass is 10.0. The van der Waals surface area contributed by atoms with Crippen molar-refractivity contribution in [3.05, 3.63) is 90.3 Å². The molecule has 4 aromatic rings. The van der Waals surface area contributed by atoms with Crippen molar-refractivity contribution in [2.45, 2.75) is 17.5 Å². The van der Waals surface area contributed by atoms with Gasteiger partial charge >= 0.3 is 0 Å². The van der Waals surface area contributed by atoms with E-state index in [-0.39, 0.29) is 6.61 Å². The summed E-state index contributed by atoms with van der Waals surface area (Å²) in [5.41, 5.74) is 3.60. The summed E-state index contributed by atoms with van der Waals surface area (Å²) in [5, 5.41) is 8.98. The monoisotopic (exact) mass is 418 g/mol. The van der Waals surface area contributed by atoms with Crippen molar-refractivity contribution < 1.29 is 9.47 Å². The summed E-state index contributed by atoms with van der Waals surface area (Å²) in [4.78, 5) is 0. The standard InChI is InChI=1S/C23H22N4O2S/c1-28-20-8-5-9-21(14-20)29-15-22-25-26-23(27(22)24)30-16-17-10-12-19(13-11-17)18-6-3-2-4-7-18/h2-14H,15-16,24H2,1H3. The van der Waals surface area contributed by atoms with Crippen molar-refractivity contribution in [3.63, 3.8) is 0 Å². The maximum Gasteiger partial charge on any atom is 0.210 e. The Morgan fingerprint density at radius 3 is 2.37 bits per heavy atom. The highest BCUT2D eigenvalue weighted by Gasteiger charge is 2.11. The first-order chi connectivity index (χ1) is 14.7. The summed E-state index contributed by atoms with van der Waals surface area (Å²) < 4.78 is 12.4. The maximum atomic E-state index is 6.15. The van der Waals surface area contributed by atoms with E-state index in [0.717, 1.165) is 11.5 Å². The Balaban J connectivity index is 1.35. The van der Waals surface area contributed by atoms with Gasteiger partial charge in [0.25, 0.3) is 0 Å². The van der Waals surface area contributed by atoms with Crippen LogP contribution in [0.25, 0.3) is 11.1 Å². The molecule has 30 heavy (non-hydrogen) atoms. The van der Waals surface area contributed by atoms with Crippen LogP contribution in [-0.2, 0) is 12.4 Å². The number of ether oxygens (including phenoxy) is 2. The number of hydrogen-bond acceptors (Lipinski definition) is 6. The predicted octanol–water partition coefficient (Wildman–Crippen LogP) is 4.54. The van der Waals surface area contributed by atoms with Crippen LogP contribution in [0, 0.1) is 0 Å². The Morgan fingerprint density at radius 1 is 0.867 bits per heavy atom. The van der Waals surface area contributed by atoms with Gasteiger partial charge in [-0.05, 0) is 28.8 Å². The molecule has 2 N–H and O–H groups in total. The largest absolute Gasteiger partial charge is 0.497 e. The number of nitrogens with zero attached hydrogens (tertiary/aromatic N) is 3. The number of benzene rings is 3. The second-order valence-corrected chi connectivity index (χ2v) is 7.53. The molecule has 1 aromatic heterocycles. The van der Waals surface area contributed by atoms with Crippen molar-refractivity contribution in [1.29, 1.82) is 0 Å². The molecule has 0 amide bonds. The molecule has 7 heteroatoms. The van der Waals surface area contributed by atoms with Crippen molar-refractivity contribution >= 4 is 11.8 Å². The molecule has 0 unspecified atom stereocenters. The number of aromatic nitrogens is 3. The van der Waals surface area contributed by atoms with E-state index in [9.17, 15) is 0 Å². The van der Waals surface area contributed by atoms with Gasteiger partial charge in [-0.25, -0.2) is 4.68 Å². The van der Waals surface area contributed by atoms with E-state index in [0.29, 0.717) is 16.7 Å². The molecular weight excluding hydrogens is 396 g/mol. The van der Waals surface area contributed by atoms with E-state index >= 15 is 0 Å². The van der Waals surface area contributed by atoms with E-state index < -0.39 is 0 Å². The molecule has 152 valence electrons. The van der Waals surface area contributed by atoms with E-state index in [1.54, 1.807) is 7.11 Å². The normalized spacial score (nSPS) is 10.7. The summed E-state index contributed by atoms with van der Waals surface area (Å²) in [6, 6.07) is 26.2. The van der Waals surface area contributed by atoms with E-state index in [2.05, 4.69) is 46.6 Å². The van der Waals surface area contributed by atoms with Gasteiger partial charge in [-0.3, -0.25) is 0 Å². The number of hydrogen-bond donors (Lipinski definition) is 1. The van der Waals surface area contributed by atoms with Crippen LogP contribution in [0.15, 0.2) is 84.0 Å². The minimum Gasteiger partial charge on any atom is -0.497 e. The van der Waals surface area contributed by atoms with Gasteiger partial charge in [0.1, 0.15) is 18.1 Å². The molecule has 0 bridgehead atoms. The highest BCUT2D eigenvalue weighted by molar-refractivity contribution is 7.98. The summed E-state index contributed by atoms with van der Waals surface area (Å²) in [6.45, 7) is 0.225. The molecular formula is C23H22N4O2S. The predicted molar refractivity (Wildman–Crippen MR) is 119 cm³/mol. The Morgan fingerprint density at radius 2 is 1.60 bits per heavy atom. The van der Waals surface area contributed by atoms with E-state index in [1.165, 1.54) is 33.1 Å². The zero-order chi connectivity index (χ0) is 20.8. The van der Waals surface area contributed by atoms with Gasteiger partial charge in [-0.2, -0.15) is 0 Å². The Kier molecular flexibility index (Phi) is 6.20. The number of rotatable bonds is 8. The smallest absolute Gasteiger partial charge is 0.210 e. The fourth-order valence-corrected chi connectivity index (χ4v) is 3.75. The van der Waals surface area contributed by atoms with Crippen LogP contribution in [0.1, 0.15) is 11.4 Å². The molecule has 0 atom stereocenters. The van der Waals surface area contributed by atoms with Crippen molar-refractivity contribution in [2.75, 3.05) is 13.0 Å². The molecule has 0 saturated heterocycles. The number of nitrogen functional groups attached to an aromatic ring is 1. The van der Waals surface area contributed by atoms with Crippen molar-refractivity contribution in [3.8, 4) is 22.6 Å². The van der Waals surface area contributed by atoms with Crippen LogP contribution in [0.5, 0.6) is 11.5 Å². The van der Waals surface area contributed by atoms with E-state index in [1.807, 2.05) is 42.5 Å². The first kappa shape index (κ1) is 19.8. The molecule has 0 spiro atoms. The van der Waals surface area contributed by atoms with Gasteiger partial charge in [-0.15, -0.1) is 10.2 Å². The lowest BCUT2D eigenvalue weighted by Crippen LogP contribution is -2.15. The maximum absolute atomic E-state index is 6.15. The minimum atomic E-state index is 0.225. The van der Waals surface area contributed by atoms with Crippen LogP contribution in [0.4, 0.5) is 0 Å². The molecule has 0 saturated carbocycles. The molecule has 0 aliphatic heterocycles. The van der Waals surface area contributed by atoms with Crippen LogP contribution in [0.2, 0.25) is 0 Å². The number of methoxy groups -OCH3 is 1. The Labute approximate surface area is 179 Å². The second kappa shape index (κ2) is 9.37. The van der Waals surface area contributed by atoms with Gasteiger partial charge in [0.15, 0.2) is 5.82 Å². The second-order valence-electron chi connectivity index (χ2n) is 6.59. The molecule has 3 aromatic carbocycles. The number of nitrogens with two attached hydrogens (primary N) is 1. The third-order valence-electron chi connectivity index (χ3n) is 4.57. The van der Waals surface area contributed by atoms with Crippen LogP contribution in [-0.4, -0.2) is 22.0 Å². The van der Waals surface area contributed by atoms with Crippen molar-refractivity contribution in [2.24, 2.45) is 0 Å². The quantitative estimate of drug-likeness (QED) is 0.334. The average molecular weight is 419 g/mol. The molecule has 1 heterocycles. The van der Waals surface area contributed by atoms with Gasteiger partial charge in [0, 0.05) is 11.8 Å². The summed E-state index contributed by atoms with van der Waals surface area (Å²) >= 11 is 1.54. The zero-order valence-electron chi connectivity index (χ0n) is 16.6. The lowest BCUT2D eigenvalue weighted by Gasteiger charge is -2.08. The molecule has 4 rings (SSSR count). The van der Waals surface area contributed by atoms with Crippen LogP contribution >= 0.6 is 11.8 Å². The lowest BCUT2D eigenvalue weighted by molar-refractivity contribution is 0.289. The molecule has 6 nitrogen and oxygen atoms in total. The fraction of sp³-hybridized carbons (Fsp3) is 0.130. The topological polar surface area (TPSA) is 75.2 Å². The average Bonchev–Trinajstić information content (AvgIpc) is 3.16. The Hall–Kier alpha value is -3.45. The third-order valence-corrected chi connectivity index (χ3v) is 5.59. The molecule has 0 fully saturated rings. The highest BCUT2D eigenvalue weighted by Crippen LogP contribution is 2.24. The molecule has 0 aliphatic rings. The van der Waals surface area contributed by atoms with Gasteiger partial charge in [0.05, 0.1) is 7.11 Å². The first-order valence-corrected chi connectivity index (χ1v) is 10.4. The van der Waals surface area contributed by atoms with Crippen LogP contribution < -0.4 is 15.3 Å². The SMILES string of the molecule is COc1cccc(OCc2nnc(SCc3ccc(-c4ccccc4)cc3)n2N)c1. The van der Waals surface area contributed by atoms with Gasteiger partial charge < -0.3 is 15.3 Å². The first-order valence-electron chi connectivity index (χ1n) is 9.46. The summed E-state index contributed by atoms with van der Waals surface area (Å²) in [6.07, 6.45) is 0. The van der Waals surface area contributed by atoms with Gasteiger partial charge in [0.2, 0.25) is 5.16 Å². The molecule has 0 radical (unpaired) electrons.